The van der Waals surface area contributed by atoms with Crippen molar-refractivity contribution < 1.29 is 19.4 Å². The molecule has 2 aliphatic rings. The Balaban J connectivity index is 1.39. The number of nitrogens with zero attached hydrogens (tertiary/aromatic N) is 1. The summed E-state index contributed by atoms with van der Waals surface area (Å²) in [7, 11) is 0. The first-order valence-corrected chi connectivity index (χ1v) is 14.2. The third kappa shape index (κ3) is 6.32. The maximum Gasteiger partial charge on any atom is 0.303 e. The number of ether oxygens (including phenoxy) is 1. The molecule has 0 bridgehead atoms. The predicted molar refractivity (Wildman–Crippen MR) is 153 cm³/mol. The number of anilines is 1. The molecule has 1 aromatic heterocycles. The number of carboxylic acids is 1. The molecule has 2 saturated carbocycles. The van der Waals surface area contributed by atoms with Gasteiger partial charge in [0.2, 0.25) is 5.91 Å². The Morgan fingerprint density at radius 2 is 1.74 bits per heavy atom. The molecule has 6 nitrogen and oxygen atoms in total. The molecule has 2 aliphatic carbocycles. The summed E-state index contributed by atoms with van der Waals surface area (Å²) in [5, 5.41) is 12.7. The Kier molecular flexibility index (Phi) is 8.30. The molecule has 0 saturated heterocycles. The molecule has 2 atom stereocenters. The first-order chi connectivity index (χ1) is 18.9. The van der Waals surface area contributed by atoms with Gasteiger partial charge in [0.25, 0.3) is 0 Å². The lowest BCUT2D eigenvalue weighted by atomic mass is 9.83. The Morgan fingerprint density at radius 1 is 1.00 bits per heavy atom. The first-order valence-electron chi connectivity index (χ1n) is 14.2. The lowest BCUT2D eigenvalue weighted by Crippen LogP contribution is -2.27. The van der Waals surface area contributed by atoms with Crippen LogP contribution >= 0.6 is 0 Å². The van der Waals surface area contributed by atoms with Gasteiger partial charge in [0, 0.05) is 17.4 Å². The van der Waals surface area contributed by atoms with Gasteiger partial charge in [0.15, 0.2) is 0 Å². The van der Waals surface area contributed by atoms with E-state index in [1.54, 1.807) is 6.20 Å². The number of aliphatic carboxylic acids is 1. The number of carbonyl (C=O) groups excluding carboxylic acids is 1. The van der Waals surface area contributed by atoms with Crippen molar-refractivity contribution in [2.24, 2.45) is 11.8 Å². The standard InChI is InChI=1S/C33H38N2O4/c1-3-39-27-17-26(19-34-20-27)22-11-15-25(16-12-22)32(24-7-4-5-8-24)33(38)35-30-10-6-9-28(21(30)2)29(18-31(36)37)23-13-14-23/h6,9-12,15-17,19-20,23-24,29,32H,3-5,7-8,13-14,18H2,1-2H3,(H,35,38)(H,36,37). The largest absolute Gasteiger partial charge is 0.492 e. The second kappa shape index (κ2) is 12.0. The molecule has 0 aliphatic heterocycles. The highest BCUT2D eigenvalue weighted by Crippen LogP contribution is 2.46. The van der Waals surface area contributed by atoms with Gasteiger partial charge in [0.1, 0.15) is 5.75 Å². The number of carboxylic acid groups (broad SMARTS) is 1. The highest BCUT2D eigenvalue weighted by Gasteiger charge is 2.36. The van der Waals surface area contributed by atoms with E-state index < -0.39 is 5.97 Å². The van der Waals surface area contributed by atoms with Crippen LogP contribution in [0.1, 0.15) is 80.4 Å². The van der Waals surface area contributed by atoms with Gasteiger partial charge in [-0.3, -0.25) is 14.6 Å². The molecule has 0 spiro atoms. The normalized spacial score (nSPS) is 17.0. The van der Waals surface area contributed by atoms with Crippen LogP contribution in [0.3, 0.4) is 0 Å². The molecule has 0 radical (unpaired) electrons. The highest BCUT2D eigenvalue weighted by molar-refractivity contribution is 5.97. The van der Waals surface area contributed by atoms with Gasteiger partial charge in [-0.05, 0) is 91.7 Å². The Morgan fingerprint density at radius 3 is 2.41 bits per heavy atom. The fourth-order valence-corrected chi connectivity index (χ4v) is 6.25. The average Bonchev–Trinajstić information content (AvgIpc) is 3.64. The van der Waals surface area contributed by atoms with E-state index in [2.05, 4.69) is 34.6 Å². The van der Waals surface area contributed by atoms with E-state index in [0.717, 1.165) is 77.8 Å². The molecule has 204 valence electrons. The van der Waals surface area contributed by atoms with Crippen LogP contribution in [0.4, 0.5) is 5.69 Å². The number of pyridine rings is 1. The summed E-state index contributed by atoms with van der Waals surface area (Å²) < 4.78 is 5.61. The molecule has 6 heteroatoms. The fraction of sp³-hybridized carbons (Fsp3) is 0.424. The third-order valence-corrected chi connectivity index (χ3v) is 8.40. The molecule has 1 heterocycles. The summed E-state index contributed by atoms with van der Waals surface area (Å²) >= 11 is 0. The Labute approximate surface area is 230 Å². The molecule has 2 N–H and O–H groups in total. The van der Waals surface area contributed by atoms with Crippen LogP contribution in [0.25, 0.3) is 11.1 Å². The van der Waals surface area contributed by atoms with Gasteiger partial charge in [-0.2, -0.15) is 0 Å². The van der Waals surface area contributed by atoms with Crippen molar-refractivity contribution in [2.75, 3.05) is 11.9 Å². The molecule has 39 heavy (non-hydrogen) atoms. The van der Waals surface area contributed by atoms with Crippen molar-refractivity contribution >= 4 is 17.6 Å². The number of aromatic nitrogens is 1. The molecular weight excluding hydrogens is 488 g/mol. The van der Waals surface area contributed by atoms with Crippen LogP contribution in [-0.2, 0) is 9.59 Å². The summed E-state index contributed by atoms with van der Waals surface area (Å²) in [6, 6.07) is 16.2. The number of hydrogen-bond acceptors (Lipinski definition) is 4. The Hall–Kier alpha value is -3.67. The van der Waals surface area contributed by atoms with Gasteiger partial charge in [-0.15, -0.1) is 0 Å². The minimum atomic E-state index is -0.772. The Bertz CT molecular complexity index is 1310. The van der Waals surface area contributed by atoms with Crippen molar-refractivity contribution in [2.45, 2.75) is 70.6 Å². The second-order valence-electron chi connectivity index (χ2n) is 11.0. The molecule has 1 amide bonds. The fourth-order valence-electron chi connectivity index (χ4n) is 6.25. The number of rotatable bonds is 11. The van der Waals surface area contributed by atoms with Crippen molar-refractivity contribution in [1.82, 2.24) is 4.98 Å². The van der Waals surface area contributed by atoms with E-state index in [1.807, 2.05) is 44.3 Å². The zero-order valence-electron chi connectivity index (χ0n) is 22.9. The summed E-state index contributed by atoms with van der Waals surface area (Å²) in [5.74, 6) is 0.451. The molecule has 2 fully saturated rings. The van der Waals surface area contributed by atoms with Crippen molar-refractivity contribution in [3.8, 4) is 16.9 Å². The van der Waals surface area contributed by atoms with Gasteiger partial charge < -0.3 is 15.2 Å². The van der Waals surface area contributed by atoms with E-state index >= 15 is 0 Å². The lowest BCUT2D eigenvalue weighted by molar-refractivity contribution is -0.137. The van der Waals surface area contributed by atoms with E-state index in [9.17, 15) is 14.7 Å². The quantitative estimate of drug-likeness (QED) is 0.273. The molecule has 2 aromatic carbocycles. The SMILES string of the molecule is CCOc1cncc(-c2ccc(C(C(=O)Nc3cccc(C(CC(=O)O)C4CC4)c3C)C3CCCC3)cc2)c1. The number of hydrogen-bond donors (Lipinski definition) is 2. The predicted octanol–water partition coefficient (Wildman–Crippen LogP) is 7.34. The van der Waals surface area contributed by atoms with Gasteiger partial charge >= 0.3 is 5.97 Å². The van der Waals surface area contributed by atoms with E-state index in [1.165, 1.54) is 0 Å². The maximum absolute atomic E-state index is 13.9. The van der Waals surface area contributed by atoms with Crippen LogP contribution in [0.2, 0.25) is 0 Å². The lowest BCUT2D eigenvalue weighted by Gasteiger charge is -2.25. The smallest absolute Gasteiger partial charge is 0.303 e. The number of amides is 1. The van der Waals surface area contributed by atoms with Gasteiger partial charge in [-0.25, -0.2) is 0 Å². The summed E-state index contributed by atoms with van der Waals surface area (Å²) in [6.45, 7) is 4.55. The molecule has 5 rings (SSSR count). The van der Waals surface area contributed by atoms with Crippen molar-refractivity contribution in [3.05, 3.63) is 77.6 Å². The first kappa shape index (κ1) is 26.9. The minimum Gasteiger partial charge on any atom is -0.492 e. The minimum absolute atomic E-state index is 0.00626. The van der Waals surface area contributed by atoms with Crippen LogP contribution in [0, 0.1) is 18.8 Å². The van der Waals surface area contributed by atoms with E-state index in [0.29, 0.717) is 18.4 Å². The van der Waals surface area contributed by atoms with Crippen LogP contribution < -0.4 is 10.1 Å². The van der Waals surface area contributed by atoms with Crippen molar-refractivity contribution in [3.63, 3.8) is 0 Å². The summed E-state index contributed by atoms with van der Waals surface area (Å²) in [4.78, 5) is 29.8. The van der Waals surface area contributed by atoms with Crippen LogP contribution in [0.15, 0.2) is 60.9 Å². The summed E-state index contributed by atoms with van der Waals surface area (Å²) in [6.07, 6.45) is 10.2. The number of nitrogens with one attached hydrogen (secondary N) is 1. The maximum atomic E-state index is 13.9. The second-order valence-corrected chi connectivity index (χ2v) is 11.0. The number of carbonyl (C=O) groups is 2. The molecule has 3 aromatic rings. The zero-order valence-corrected chi connectivity index (χ0v) is 22.9. The average molecular weight is 527 g/mol. The third-order valence-electron chi connectivity index (χ3n) is 8.40. The van der Waals surface area contributed by atoms with Crippen molar-refractivity contribution in [1.29, 1.82) is 0 Å². The highest BCUT2D eigenvalue weighted by atomic mass is 16.5. The van der Waals surface area contributed by atoms with Crippen LogP contribution in [-0.4, -0.2) is 28.6 Å². The zero-order chi connectivity index (χ0) is 27.4. The molecular formula is C33H38N2O4. The van der Waals surface area contributed by atoms with Crippen LogP contribution in [0.5, 0.6) is 5.75 Å². The topological polar surface area (TPSA) is 88.5 Å². The van der Waals surface area contributed by atoms with E-state index in [4.69, 9.17) is 4.74 Å². The van der Waals surface area contributed by atoms with Gasteiger partial charge in [-0.1, -0.05) is 49.2 Å². The molecule has 2 unspecified atom stereocenters. The van der Waals surface area contributed by atoms with Gasteiger partial charge in [0.05, 0.1) is 25.1 Å². The summed E-state index contributed by atoms with van der Waals surface area (Å²) in [5.41, 5.74) is 5.84. The number of benzene rings is 2. The monoisotopic (exact) mass is 526 g/mol. The van der Waals surface area contributed by atoms with E-state index in [-0.39, 0.29) is 24.2 Å².